The molecule has 1 aliphatic rings. The molecule has 0 bridgehead atoms. The Balaban J connectivity index is 2.47. The number of hydrogen-bond acceptors (Lipinski definition) is 4. The fourth-order valence-electron chi connectivity index (χ4n) is 1.78. The van der Waals surface area contributed by atoms with Crippen molar-refractivity contribution in [2.45, 2.75) is 12.5 Å². The van der Waals surface area contributed by atoms with Crippen molar-refractivity contribution in [1.29, 1.82) is 0 Å². The minimum Gasteiger partial charge on any atom is -0.496 e. The van der Waals surface area contributed by atoms with E-state index in [2.05, 4.69) is 0 Å². The zero-order chi connectivity index (χ0) is 11.7. The molecule has 0 fully saturated rings. The van der Waals surface area contributed by atoms with E-state index in [1.807, 2.05) is 0 Å². The van der Waals surface area contributed by atoms with Crippen LogP contribution in [0.25, 0.3) is 0 Å². The molecular weight excluding hydrogens is 210 g/mol. The maximum absolute atomic E-state index is 10.9. The highest BCUT2D eigenvalue weighted by Gasteiger charge is 2.23. The first-order chi connectivity index (χ1) is 7.63. The van der Waals surface area contributed by atoms with Crippen molar-refractivity contribution in [2.75, 3.05) is 13.7 Å². The van der Waals surface area contributed by atoms with Gasteiger partial charge in [-0.15, -0.1) is 0 Å². The van der Waals surface area contributed by atoms with Crippen LogP contribution in [-0.4, -0.2) is 24.8 Å². The van der Waals surface area contributed by atoms with Gasteiger partial charge in [0.05, 0.1) is 13.7 Å². The molecule has 1 heterocycles. The fraction of sp³-hybridized carbons (Fsp3) is 0.364. The molecule has 0 saturated heterocycles. The Bertz CT molecular complexity index is 430. The molecule has 5 nitrogen and oxygen atoms in total. The first-order valence-corrected chi connectivity index (χ1v) is 4.95. The van der Waals surface area contributed by atoms with Gasteiger partial charge >= 0.3 is 5.97 Å². The number of ether oxygens (including phenoxy) is 2. The number of nitrogens with two attached hydrogens (primary N) is 1. The Morgan fingerprint density at radius 3 is 3.00 bits per heavy atom. The maximum atomic E-state index is 10.9. The van der Waals surface area contributed by atoms with Gasteiger partial charge in [0.1, 0.15) is 17.5 Å². The second kappa shape index (κ2) is 4.02. The Labute approximate surface area is 92.8 Å². The zero-order valence-corrected chi connectivity index (χ0v) is 8.90. The molecule has 16 heavy (non-hydrogen) atoms. The molecule has 0 aromatic heterocycles. The van der Waals surface area contributed by atoms with Crippen molar-refractivity contribution in [3.8, 4) is 11.5 Å². The molecule has 0 aliphatic carbocycles. The summed E-state index contributed by atoms with van der Waals surface area (Å²) in [6.45, 7) is 0.615. The summed E-state index contributed by atoms with van der Waals surface area (Å²) in [5.74, 6) is 0.130. The Hall–Kier alpha value is -1.75. The predicted octanol–water partition coefficient (Wildman–Crippen LogP) is 0.715. The van der Waals surface area contributed by atoms with E-state index >= 15 is 0 Å². The standard InChI is InChI=1S/C11H13NO4/c1-15-9-5-8-6(2-3-16-8)4-7(9)10(12)11(13)14/h4-5,10H,2-3,12H2,1H3,(H,13,14). The lowest BCUT2D eigenvalue weighted by atomic mass is 10.0. The Morgan fingerprint density at radius 1 is 1.62 bits per heavy atom. The summed E-state index contributed by atoms with van der Waals surface area (Å²) >= 11 is 0. The van der Waals surface area contributed by atoms with Crippen LogP contribution in [0.1, 0.15) is 17.2 Å². The average molecular weight is 223 g/mol. The number of carbonyl (C=O) groups is 1. The van der Waals surface area contributed by atoms with Gasteiger partial charge in [0.25, 0.3) is 0 Å². The lowest BCUT2D eigenvalue weighted by molar-refractivity contribution is -0.138. The molecule has 0 saturated carbocycles. The summed E-state index contributed by atoms with van der Waals surface area (Å²) in [4.78, 5) is 10.9. The van der Waals surface area contributed by atoms with E-state index in [0.717, 1.165) is 17.7 Å². The van der Waals surface area contributed by atoms with E-state index < -0.39 is 12.0 Å². The predicted molar refractivity (Wildman–Crippen MR) is 56.8 cm³/mol. The molecule has 1 aliphatic heterocycles. The van der Waals surface area contributed by atoms with Crippen LogP contribution in [0.3, 0.4) is 0 Å². The minimum atomic E-state index is -1.07. The molecule has 0 amide bonds. The van der Waals surface area contributed by atoms with Crippen molar-refractivity contribution < 1.29 is 19.4 Å². The van der Waals surface area contributed by atoms with Gasteiger partial charge in [0.2, 0.25) is 0 Å². The number of rotatable bonds is 3. The van der Waals surface area contributed by atoms with Crippen LogP contribution in [0.5, 0.6) is 11.5 Å². The second-order valence-corrected chi connectivity index (χ2v) is 3.62. The monoisotopic (exact) mass is 223 g/mol. The van der Waals surface area contributed by atoms with E-state index in [0.29, 0.717) is 17.9 Å². The Morgan fingerprint density at radius 2 is 2.38 bits per heavy atom. The highest BCUT2D eigenvalue weighted by molar-refractivity contribution is 5.77. The van der Waals surface area contributed by atoms with Gasteiger partial charge < -0.3 is 20.3 Å². The van der Waals surface area contributed by atoms with Crippen LogP contribution in [0, 0.1) is 0 Å². The fourth-order valence-corrected chi connectivity index (χ4v) is 1.78. The number of methoxy groups -OCH3 is 1. The largest absolute Gasteiger partial charge is 0.496 e. The number of fused-ring (bicyclic) bond motifs is 1. The van der Waals surface area contributed by atoms with Crippen molar-refractivity contribution >= 4 is 5.97 Å². The minimum absolute atomic E-state index is 0.454. The molecule has 1 aromatic carbocycles. The molecule has 2 rings (SSSR count). The smallest absolute Gasteiger partial charge is 0.325 e. The van der Waals surface area contributed by atoms with E-state index in [4.69, 9.17) is 20.3 Å². The number of carboxylic acid groups (broad SMARTS) is 1. The van der Waals surface area contributed by atoms with E-state index in [-0.39, 0.29) is 0 Å². The SMILES string of the molecule is COc1cc2c(cc1C(N)C(=O)O)CCO2. The van der Waals surface area contributed by atoms with E-state index in [1.165, 1.54) is 7.11 Å². The lowest BCUT2D eigenvalue weighted by Gasteiger charge is -2.13. The van der Waals surface area contributed by atoms with Crippen molar-refractivity contribution in [2.24, 2.45) is 5.73 Å². The lowest BCUT2D eigenvalue weighted by Crippen LogP contribution is -2.21. The number of benzene rings is 1. The molecule has 1 aromatic rings. The molecule has 0 spiro atoms. The van der Waals surface area contributed by atoms with Gasteiger partial charge in [-0.1, -0.05) is 0 Å². The van der Waals surface area contributed by atoms with Gasteiger partial charge in [-0.3, -0.25) is 4.79 Å². The summed E-state index contributed by atoms with van der Waals surface area (Å²) in [6, 6.07) is 2.38. The first kappa shape index (κ1) is 10.8. The molecule has 3 N–H and O–H groups in total. The van der Waals surface area contributed by atoms with Crippen molar-refractivity contribution in [3.63, 3.8) is 0 Å². The van der Waals surface area contributed by atoms with Gasteiger partial charge in [-0.2, -0.15) is 0 Å². The third kappa shape index (κ3) is 1.69. The summed E-state index contributed by atoms with van der Waals surface area (Å²) in [5, 5.41) is 8.89. The van der Waals surface area contributed by atoms with Crippen LogP contribution in [0.4, 0.5) is 0 Å². The van der Waals surface area contributed by atoms with E-state index in [1.54, 1.807) is 12.1 Å². The third-order valence-corrected chi connectivity index (χ3v) is 2.64. The molecule has 0 radical (unpaired) electrons. The topological polar surface area (TPSA) is 81.8 Å². The Kier molecular flexibility index (Phi) is 2.70. The molecule has 1 unspecified atom stereocenters. The summed E-state index contributed by atoms with van der Waals surface area (Å²) in [5.41, 5.74) is 7.05. The third-order valence-electron chi connectivity index (χ3n) is 2.64. The van der Waals surface area contributed by atoms with Gasteiger partial charge in [-0.25, -0.2) is 0 Å². The highest BCUT2D eigenvalue weighted by atomic mass is 16.5. The van der Waals surface area contributed by atoms with Crippen LogP contribution >= 0.6 is 0 Å². The van der Waals surface area contributed by atoms with Crippen molar-refractivity contribution in [1.82, 2.24) is 0 Å². The molecule has 5 heteroatoms. The molecule has 86 valence electrons. The number of hydrogen-bond donors (Lipinski definition) is 2. The first-order valence-electron chi connectivity index (χ1n) is 4.95. The number of aliphatic carboxylic acids is 1. The maximum Gasteiger partial charge on any atom is 0.325 e. The highest BCUT2D eigenvalue weighted by Crippen LogP contribution is 2.35. The van der Waals surface area contributed by atoms with Crippen molar-refractivity contribution in [3.05, 3.63) is 23.3 Å². The normalized spacial score (nSPS) is 15.1. The summed E-state index contributed by atoms with van der Waals surface area (Å²) < 4.78 is 10.5. The molecule has 1 atom stereocenters. The van der Waals surface area contributed by atoms with Crippen LogP contribution in [0.2, 0.25) is 0 Å². The van der Waals surface area contributed by atoms with Gasteiger partial charge in [-0.05, 0) is 11.6 Å². The second-order valence-electron chi connectivity index (χ2n) is 3.62. The average Bonchev–Trinajstić information content (AvgIpc) is 2.72. The van der Waals surface area contributed by atoms with Crippen LogP contribution in [0.15, 0.2) is 12.1 Å². The van der Waals surface area contributed by atoms with Crippen LogP contribution in [-0.2, 0) is 11.2 Å². The number of carboxylic acids is 1. The zero-order valence-electron chi connectivity index (χ0n) is 8.90. The van der Waals surface area contributed by atoms with Crippen LogP contribution < -0.4 is 15.2 Å². The quantitative estimate of drug-likeness (QED) is 0.788. The van der Waals surface area contributed by atoms with Gasteiger partial charge in [0, 0.05) is 18.1 Å². The summed E-state index contributed by atoms with van der Waals surface area (Å²) in [6.07, 6.45) is 0.776. The molecular formula is C11H13NO4. The van der Waals surface area contributed by atoms with E-state index in [9.17, 15) is 4.79 Å². The van der Waals surface area contributed by atoms with Gasteiger partial charge in [0.15, 0.2) is 0 Å². The summed E-state index contributed by atoms with van der Waals surface area (Å²) in [7, 11) is 1.48.